The van der Waals surface area contributed by atoms with E-state index in [0.717, 1.165) is 0 Å². The number of carboxylic acid groups (broad SMARTS) is 1. The number of carboxylic acids is 1. The Bertz CT molecular complexity index is 578. The molecular formula is C16H31N7O5. The quantitative estimate of drug-likeness (QED) is 0.0970. The number of carbonyl (C=O) groups excluding carboxylic acids is 3. The molecule has 0 heterocycles. The third kappa shape index (κ3) is 10.3. The van der Waals surface area contributed by atoms with Crippen LogP contribution in [0.2, 0.25) is 0 Å². The maximum absolute atomic E-state index is 12.3. The molecule has 12 heteroatoms. The number of aliphatic imine (C=N–C) groups is 1. The zero-order chi connectivity index (χ0) is 21.7. The van der Waals surface area contributed by atoms with Crippen molar-refractivity contribution < 1.29 is 24.3 Å². The van der Waals surface area contributed by atoms with Gasteiger partial charge >= 0.3 is 5.97 Å². The number of hydrogen-bond donors (Lipinski definition) is 7. The molecule has 0 aromatic heterocycles. The van der Waals surface area contributed by atoms with Crippen LogP contribution in [0.5, 0.6) is 0 Å². The van der Waals surface area contributed by atoms with Crippen LogP contribution in [0, 0.1) is 5.92 Å². The van der Waals surface area contributed by atoms with Gasteiger partial charge in [-0.05, 0) is 18.8 Å². The molecule has 0 saturated carbocycles. The Kier molecular flexibility index (Phi) is 11.9. The minimum Gasteiger partial charge on any atom is -0.480 e. The Morgan fingerprint density at radius 3 is 2.25 bits per heavy atom. The van der Waals surface area contributed by atoms with Crippen molar-refractivity contribution in [3.63, 3.8) is 0 Å². The number of rotatable bonds is 13. The normalized spacial score (nSPS) is 13.5. The Morgan fingerprint density at radius 1 is 1.11 bits per heavy atom. The molecule has 0 aliphatic rings. The maximum Gasteiger partial charge on any atom is 0.326 e. The summed E-state index contributed by atoms with van der Waals surface area (Å²) >= 11 is 0. The van der Waals surface area contributed by atoms with E-state index in [0.29, 0.717) is 12.8 Å². The fraction of sp³-hybridized carbons (Fsp3) is 0.688. The van der Waals surface area contributed by atoms with Crippen LogP contribution in [0.1, 0.15) is 33.1 Å². The Morgan fingerprint density at radius 2 is 1.75 bits per heavy atom. The van der Waals surface area contributed by atoms with Gasteiger partial charge < -0.3 is 38.3 Å². The number of nitrogens with two attached hydrogens (primary N) is 3. The molecule has 160 valence electrons. The van der Waals surface area contributed by atoms with Crippen molar-refractivity contribution >= 4 is 29.7 Å². The molecule has 0 aliphatic carbocycles. The van der Waals surface area contributed by atoms with E-state index >= 15 is 0 Å². The van der Waals surface area contributed by atoms with Crippen molar-refractivity contribution in [1.29, 1.82) is 0 Å². The van der Waals surface area contributed by atoms with Crippen LogP contribution in [-0.4, -0.2) is 66.5 Å². The number of guanidine groups is 1. The lowest BCUT2D eigenvalue weighted by Gasteiger charge is -2.21. The van der Waals surface area contributed by atoms with Crippen molar-refractivity contribution in [1.82, 2.24) is 16.0 Å². The number of carbonyl (C=O) groups is 4. The predicted molar refractivity (Wildman–Crippen MR) is 103 cm³/mol. The van der Waals surface area contributed by atoms with Gasteiger partial charge in [-0.25, -0.2) is 4.79 Å². The van der Waals surface area contributed by atoms with E-state index < -0.39 is 42.3 Å². The summed E-state index contributed by atoms with van der Waals surface area (Å²) in [5.41, 5.74) is 15.7. The maximum atomic E-state index is 12.3. The number of aliphatic carboxylic acids is 1. The van der Waals surface area contributed by atoms with E-state index in [-0.39, 0.29) is 31.4 Å². The zero-order valence-corrected chi connectivity index (χ0v) is 16.2. The van der Waals surface area contributed by atoms with E-state index in [2.05, 4.69) is 20.9 Å². The van der Waals surface area contributed by atoms with Crippen molar-refractivity contribution in [2.24, 2.45) is 28.1 Å². The molecule has 0 aliphatic heterocycles. The third-order valence-electron chi connectivity index (χ3n) is 4.00. The summed E-state index contributed by atoms with van der Waals surface area (Å²) in [5, 5.41) is 16.4. The van der Waals surface area contributed by atoms with Crippen LogP contribution < -0.4 is 33.2 Å². The van der Waals surface area contributed by atoms with Crippen molar-refractivity contribution in [3.05, 3.63) is 0 Å². The van der Waals surface area contributed by atoms with E-state index in [1.165, 1.54) is 0 Å². The van der Waals surface area contributed by atoms with Gasteiger partial charge in [0.1, 0.15) is 12.1 Å². The highest BCUT2D eigenvalue weighted by Gasteiger charge is 2.26. The molecular weight excluding hydrogens is 370 g/mol. The summed E-state index contributed by atoms with van der Waals surface area (Å²) in [7, 11) is 0. The minimum atomic E-state index is -1.15. The highest BCUT2D eigenvalue weighted by molar-refractivity contribution is 5.91. The predicted octanol–water partition coefficient (Wildman–Crippen LogP) is -2.78. The molecule has 0 spiro atoms. The van der Waals surface area contributed by atoms with E-state index in [4.69, 9.17) is 17.2 Å². The molecule has 0 bridgehead atoms. The first-order valence-electron chi connectivity index (χ1n) is 8.97. The van der Waals surface area contributed by atoms with Crippen molar-refractivity contribution in [2.75, 3.05) is 19.6 Å². The summed E-state index contributed by atoms with van der Waals surface area (Å²) in [6, 6.07) is -1.98. The largest absolute Gasteiger partial charge is 0.480 e. The lowest BCUT2D eigenvalue weighted by Crippen LogP contribution is -2.52. The molecule has 0 rings (SSSR count). The number of nitrogens with zero attached hydrogens (tertiary/aromatic N) is 1. The summed E-state index contributed by atoms with van der Waals surface area (Å²) < 4.78 is 0. The molecule has 3 atom stereocenters. The fourth-order valence-corrected chi connectivity index (χ4v) is 2.22. The molecule has 10 N–H and O–H groups in total. The van der Waals surface area contributed by atoms with E-state index in [9.17, 15) is 24.3 Å². The Hall–Kier alpha value is -2.89. The number of hydrogen-bond acceptors (Lipinski definition) is 6. The Balaban J connectivity index is 4.73. The van der Waals surface area contributed by atoms with Gasteiger partial charge in [0.15, 0.2) is 5.96 Å². The van der Waals surface area contributed by atoms with Gasteiger partial charge in [-0.2, -0.15) is 0 Å². The molecule has 12 nitrogen and oxygen atoms in total. The molecule has 0 saturated heterocycles. The molecule has 0 aromatic carbocycles. The number of nitrogens with one attached hydrogen (secondary N) is 3. The van der Waals surface area contributed by atoms with Gasteiger partial charge in [-0.3, -0.25) is 19.4 Å². The van der Waals surface area contributed by atoms with Gasteiger partial charge in [0.25, 0.3) is 0 Å². The highest BCUT2D eigenvalue weighted by atomic mass is 16.4. The zero-order valence-electron chi connectivity index (χ0n) is 16.2. The first kappa shape index (κ1) is 25.1. The van der Waals surface area contributed by atoms with Crippen LogP contribution in [-0.2, 0) is 19.2 Å². The van der Waals surface area contributed by atoms with Crippen molar-refractivity contribution in [2.45, 2.75) is 45.2 Å². The van der Waals surface area contributed by atoms with Gasteiger partial charge in [-0.1, -0.05) is 20.3 Å². The second-order valence-electron chi connectivity index (χ2n) is 6.26. The molecule has 0 radical (unpaired) electrons. The van der Waals surface area contributed by atoms with Crippen LogP contribution >= 0.6 is 0 Å². The highest BCUT2D eigenvalue weighted by Crippen LogP contribution is 2.07. The summed E-state index contributed by atoms with van der Waals surface area (Å²) in [6.07, 6.45) is 1.19. The van der Waals surface area contributed by atoms with Gasteiger partial charge in [0.05, 0.1) is 13.1 Å². The van der Waals surface area contributed by atoms with Gasteiger partial charge in [0.2, 0.25) is 17.7 Å². The third-order valence-corrected chi connectivity index (χ3v) is 4.00. The van der Waals surface area contributed by atoms with Crippen LogP contribution in [0.25, 0.3) is 0 Å². The second-order valence-corrected chi connectivity index (χ2v) is 6.26. The lowest BCUT2D eigenvalue weighted by atomic mass is 9.99. The Labute approximate surface area is 163 Å². The monoisotopic (exact) mass is 401 g/mol. The lowest BCUT2D eigenvalue weighted by molar-refractivity contribution is -0.143. The summed E-state index contributed by atoms with van der Waals surface area (Å²) in [5.74, 6) is -3.29. The van der Waals surface area contributed by atoms with Crippen LogP contribution in [0.4, 0.5) is 0 Å². The minimum absolute atomic E-state index is 0.0852. The number of amides is 3. The van der Waals surface area contributed by atoms with Crippen LogP contribution in [0.15, 0.2) is 4.99 Å². The second kappa shape index (κ2) is 13.3. The first-order valence-corrected chi connectivity index (χ1v) is 8.97. The van der Waals surface area contributed by atoms with E-state index in [1.54, 1.807) is 6.92 Å². The standard InChI is InChI=1S/C16H31N7O5/c1-3-9(2)13(15(27)28)23-12(25)8-21-14(26)10(22-11(24)7-17)5-4-6-20-16(18)19/h9-10,13H,3-8,17H2,1-2H3,(H,21,26)(H,22,24)(H,23,25)(H,27,28)(H4,18,19,20). The first-order chi connectivity index (χ1) is 13.1. The summed E-state index contributed by atoms with van der Waals surface area (Å²) in [6.45, 7) is 3.05. The fourth-order valence-electron chi connectivity index (χ4n) is 2.22. The molecule has 3 unspecified atom stereocenters. The van der Waals surface area contributed by atoms with E-state index in [1.807, 2.05) is 6.92 Å². The average Bonchev–Trinajstić information content (AvgIpc) is 2.65. The topological polar surface area (TPSA) is 215 Å². The molecule has 28 heavy (non-hydrogen) atoms. The SMILES string of the molecule is CCC(C)C(NC(=O)CNC(=O)C(CCCN=C(N)N)NC(=O)CN)C(=O)O. The summed E-state index contributed by atoms with van der Waals surface area (Å²) in [4.78, 5) is 50.8. The smallest absolute Gasteiger partial charge is 0.326 e. The molecule has 3 amide bonds. The molecule has 0 fully saturated rings. The van der Waals surface area contributed by atoms with Crippen molar-refractivity contribution in [3.8, 4) is 0 Å². The van der Waals surface area contributed by atoms with Gasteiger partial charge in [0, 0.05) is 6.54 Å². The average molecular weight is 401 g/mol. The molecule has 0 aromatic rings. The van der Waals surface area contributed by atoms with Crippen LogP contribution in [0.3, 0.4) is 0 Å². The van der Waals surface area contributed by atoms with Gasteiger partial charge in [-0.15, -0.1) is 0 Å².